The lowest BCUT2D eigenvalue weighted by molar-refractivity contribution is -0.209. The molecule has 3 saturated carbocycles. The van der Waals surface area contributed by atoms with Crippen LogP contribution in [0.5, 0.6) is 0 Å². The third kappa shape index (κ3) is 1.61. The first-order valence-electron chi connectivity index (χ1n) is 4.71. The second kappa shape index (κ2) is 2.83. The summed E-state index contributed by atoms with van der Waals surface area (Å²) in [6.45, 7) is 0. The summed E-state index contributed by atoms with van der Waals surface area (Å²) in [5.41, 5.74) is 4.81. The highest BCUT2D eigenvalue weighted by molar-refractivity contribution is 7.51. The van der Waals surface area contributed by atoms with Gasteiger partial charge in [0.2, 0.25) is 0 Å². The number of carboxylic acid groups (broad SMARTS) is 1. The van der Waals surface area contributed by atoms with E-state index in [-0.39, 0.29) is 17.0 Å². The lowest BCUT2D eigenvalue weighted by Gasteiger charge is -2.72. The fraction of sp³-hybridized carbons (Fsp3) is 0.875. The largest absolute Gasteiger partial charge is 0.480 e. The Morgan fingerprint density at radius 2 is 1.87 bits per heavy atom. The summed E-state index contributed by atoms with van der Waals surface area (Å²) in [5, 5.41) is 8.75. The Bertz CT molecular complexity index is 342. The SMILES string of the molecule is N[C@@H](C(=O)O)C12CC(CP(=O)(O)O)(C1)C2. The molecule has 0 aromatic heterocycles. The highest BCUT2D eigenvalue weighted by atomic mass is 31.2. The molecule has 0 saturated heterocycles. The summed E-state index contributed by atoms with van der Waals surface area (Å²) < 4.78 is 10.8. The molecule has 0 aliphatic heterocycles. The van der Waals surface area contributed by atoms with Gasteiger partial charge in [-0.15, -0.1) is 0 Å². The smallest absolute Gasteiger partial charge is 0.326 e. The molecule has 86 valence electrons. The van der Waals surface area contributed by atoms with Crippen LogP contribution >= 0.6 is 7.60 Å². The molecule has 0 heterocycles. The summed E-state index contributed by atoms with van der Waals surface area (Å²) in [6.07, 6.45) is 1.49. The molecule has 3 rings (SSSR count). The van der Waals surface area contributed by atoms with E-state index in [2.05, 4.69) is 0 Å². The van der Waals surface area contributed by atoms with Gasteiger partial charge >= 0.3 is 13.6 Å². The number of carbonyl (C=O) groups is 1. The third-order valence-corrected chi connectivity index (χ3v) is 4.73. The first-order chi connectivity index (χ1) is 6.68. The van der Waals surface area contributed by atoms with E-state index in [1.54, 1.807) is 0 Å². The van der Waals surface area contributed by atoms with Crippen molar-refractivity contribution in [2.24, 2.45) is 16.6 Å². The van der Waals surface area contributed by atoms with E-state index in [1.165, 1.54) is 0 Å². The fourth-order valence-corrected chi connectivity index (χ4v) is 4.49. The lowest BCUT2D eigenvalue weighted by Crippen LogP contribution is -2.71. The van der Waals surface area contributed by atoms with Crippen molar-refractivity contribution in [2.75, 3.05) is 6.16 Å². The van der Waals surface area contributed by atoms with E-state index in [0.717, 1.165) is 0 Å². The van der Waals surface area contributed by atoms with Gasteiger partial charge in [-0.05, 0) is 30.1 Å². The maximum absolute atomic E-state index is 10.8. The minimum Gasteiger partial charge on any atom is -0.480 e. The van der Waals surface area contributed by atoms with E-state index in [1.807, 2.05) is 0 Å². The van der Waals surface area contributed by atoms with Gasteiger partial charge in [0.15, 0.2) is 0 Å². The van der Waals surface area contributed by atoms with Crippen LogP contribution in [0.4, 0.5) is 0 Å². The van der Waals surface area contributed by atoms with Gasteiger partial charge < -0.3 is 20.6 Å². The predicted octanol–water partition coefficient (Wildman–Crippen LogP) is -0.254. The topological polar surface area (TPSA) is 121 Å². The van der Waals surface area contributed by atoms with E-state index >= 15 is 0 Å². The van der Waals surface area contributed by atoms with E-state index in [4.69, 9.17) is 20.6 Å². The Labute approximate surface area is 86.6 Å². The molecule has 0 aromatic rings. The fourth-order valence-electron chi connectivity index (χ4n) is 3.28. The Morgan fingerprint density at radius 1 is 1.40 bits per heavy atom. The molecule has 5 N–H and O–H groups in total. The van der Waals surface area contributed by atoms with Crippen molar-refractivity contribution in [3.63, 3.8) is 0 Å². The van der Waals surface area contributed by atoms with Crippen LogP contribution < -0.4 is 5.73 Å². The summed E-state index contributed by atoms with van der Waals surface area (Å²) in [7, 11) is -3.99. The first-order valence-corrected chi connectivity index (χ1v) is 6.51. The normalized spacial score (nSPS) is 40.2. The molecule has 1 atom stereocenters. The third-order valence-electron chi connectivity index (χ3n) is 3.65. The first kappa shape index (κ1) is 11.1. The highest BCUT2D eigenvalue weighted by Crippen LogP contribution is 2.76. The molecule has 6 nitrogen and oxygen atoms in total. The molecule has 2 bridgehead atoms. The van der Waals surface area contributed by atoms with Crippen LogP contribution in [-0.2, 0) is 9.36 Å². The van der Waals surface area contributed by atoms with Crippen LogP contribution in [0.25, 0.3) is 0 Å². The molecule has 3 fully saturated rings. The van der Waals surface area contributed by atoms with Gasteiger partial charge in [0, 0.05) is 0 Å². The Hall–Kier alpha value is -0.420. The number of carboxylic acids is 1. The molecule has 3 aliphatic carbocycles. The number of rotatable bonds is 4. The zero-order valence-corrected chi connectivity index (χ0v) is 8.98. The predicted molar refractivity (Wildman–Crippen MR) is 51.2 cm³/mol. The molecule has 0 amide bonds. The summed E-state index contributed by atoms with van der Waals surface area (Å²) in [6, 6.07) is -0.892. The van der Waals surface area contributed by atoms with Crippen LogP contribution in [0.1, 0.15) is 19.3 Å². The number of hydrogen-bond donors (Lipinski definition) is 4. The maximum atomic E-state index is 10.8. The minimum absolute atomic E-state index is 0.131. The lowest BCUT2D eigenvalue weighted by atomic mass is 9.34. The van der Waals surface area contributed by atoms with Crippen LogP contribution in [0, 0.1) is 10.8 Å². The standard InChI is InChI=1S/C8H14NO5P/c9-5(6(10)11)8-1-7(2-8,3-8)4-15(12,13)14/h5H,1-4,9H2,(H,10,11)(H2,12,13,14)/t5-,7?,8?/m0/s1. The summed E-state index contributed by atoms with van der Waals surface area (Å²) in [5.74, 6) is -1.03. The molecule has 0 radical (unpaired) electrons. The van der Waals surface area contributed by atoms with Crippen molar-refractivity contribution in [3.05, 3.63) is 0 Å². The molecule has 3 aliphatic rings. The van der Waals surface area contributed by atoms with Crippen LogP contribution in [0.3, 0.4) is 0 Å². The Balaban J connectivity index is 1.96. The van der Waals surface area contributed by atoms with Crippen LogP contribution in [0.2, 0.25) is 0 Å². The van der Waals surface area contributed by atoms with E-state index in [0.29, 0.717) is 19.3 Å². The zero-order chi connectivity index (χ0) is 11.5. The van der Waals surface area contributed by atoms with Crippen molar-refractivity contribution in [3.8, 4) is 0 Å². The molecule has 0 spiro atoms. The Morgan fingerprint density at radius 3 is 2.20 bits per heavy atom. The molecule has 15 heavy (non-hydrogen) atoms. The van der Waals surface area contributed by atoms with Gasteiger partial charge in [0.05, 0.1) is 6.16 Å². The molecular formula is C8H14NO5P. The van der Waals surface area contributed by atoms with Gasteiger partial charge in [0.25, 0.3) is 0 Å². The van der Waals surface area contributed by atoms with Crippen molar-refractivity contribution in [2.45, 2.75) is 25.3 Å². The quantitative estimate of drug-likeness (QED) is 0.498. The van der Waals surface area contributed by atoms with Gasteiger partial charge in [-0.2, -0.15) is 0 Å². The number of aliphatic carboxylic acids is 1. The monoisotopic (exact) mass is 235 g/mol. The zero-order valence-electron chi connectivity index (χ0n) is 8.09. The van der Waals surface area contributed by atoms with Gasteiger partial charge in [-0.25, -0.2) is 0 Å². The van der Waals surface area contributed by atoms with Gasteiger partial charge in [-0.1, -0.05) is 0 Å². The average molecular weight is 235 g/mol. The maximum Gasteiger partial charge on any atom is 0.326 e. The summed E-state index contributed by atoms with van der Waals surface area (Å²) >= 11 is 0. The van der Waals surface area contributed by atoms with Gasteiger partial charge in [0.1, 0.15) is 6.04 Å². The van der Waals surface area contributed by atoms with Crippen LogP contribution in [-0.4, -0.2) is 33.1 Å². The number of hydrogen-bond acceptors (Lipinski definition) is 3. The molecule has 7 heteroatoms. The second-order valence-electron chi connectivity index (χ2n) is 5.03. The van der Waals surface area contributed by atoms with E-state index in [9.17, 15) is 9.36 Å². The molecule has 0 aromatic carbocycles. The summed E-state index contributed by atoms with van der Waals surface area (Å²) in [4.78, 5) is 28.4. The molecule has 0 unspecified atom stereocenters. The molecular weight excluding hydrogens is 221 g/mol. The van der Waals surface area contributed by atoms with E-state index < -0.39 is 19.6 Å². The highest BCUT2D eigenvalue weighted by Gasteiger charge is 2.72. The van der Waals surface area contributed by atoms with Gasteiger partial charge in [-0.3, -0.25) is 9.36 Å². The Kier molecular flexibility index (Phi) is 2.09. The number of nitrogens with two attached hydrogens (primary N) is 1. The average Bonchev–Trinajstić information content (AvgIpc) is 1.90. The van der Waals surface area contributed by atoms with Crippen molar-refractivity contribution in [1.82, 2.24) is 0 Å². The minimum atomic E-state index is -3.99. The van der Waals surface area contributed by atoms with Crippen molar-refractivity contribution >= 4 is 13.6 Å². The van der Waals surface area contributed by atoms with Crippen molar-refractivity contribution in [1.29, 1.82) is 0 Å². The van der Waals surface area contributed by atoms with Crippen molar-refractivity contribution < 1.29 is 24.3 Å². The van der Waals surface area contributed by atoms with Crippen LogP contribution in [0.15, 0.2) is 0 Å². The second-order valence-corrected chi connectivity index (χ2v) is 6.68.